The molecule has 0 saturated carbocycles. The van der Waals surface area contributed by atoms with Gasteiger partial charge < -0.3 is 9.72 Å². The summed E-state index contributed by atoms with van der Waals surface area (Å²) in [6, 6.07) is 5.81. The lowest BCUT2D eigenvalue weighted by molar-refractivity contribution is 0.638. The van der Waals surface area contributed by atoms with E-state index in [1.54, 1.807) is 0 Å². The van der Waals surface area contributed by atoms with E-state index in [0.717, 1.165) is 30.9 Å². The predicted octanol–water partition coefficient (Wildman–Crippen LogP) is 2.05. The second-order valence-electron chi connectivity index (χ2n) is 4.72. The van der Waals surface area contributed by atoms with Gasteiger partial charge in [0.05, 0.1) is 10.7 Å². The first-order valence-electron chi connectivity index (χ1n) is 6.53. The number of imidazole rings is 1. The summed E-state index contributed by atoms with van der Waals surface area (Å²) < 4.78 is 3.84. The van der Waals surface area contributed by atoms with Crippen molar-refractivity contribution in [2.45, 2.75) is 13.0 Å². The highest BCUT2D eigenvalue weighted by Crippen LogP contribution is 2.11. The third-order valence-electron chi connectivity index (χ3n) is 3.25. The van der Waals surface area contributed by atoms with Crippen LogP contribution in [0.3, 0.4) is 0 Å². The smallest absolute Gasteiger partial charge is 0.137 e. The van der Waals surface area contributed by atoms with E-state index in [1.165, 1.54) is 5.69 Å². The van der Waals surface area contributed by atoms with Gasteiger partial charge in [-0.05, 0) is 18.2 Å². The molecule has 6 heteroatoms. The Morgan fingerprint density at radius 2 is 2.15 bits per heavy atom. The van der Waals surface area contributed by atoms with Gasteiger partial charge in [0, 0.05) is 50.8 Å². The summed E-state index contributed by atoms with van der Waals surface area (Å²) in [5.41, 5.74) is 3.15. The van der Waals surface area contributed by atoms with Crippen LogP contribution in [0, 0.1) is 0 Å². The molecule has 0 spiro atoms. The molecule has 0 aliphatic heterocycles. The highest BCUT2D eigenvalue weighted by atomic mass is 35.5. The summed E-state index contributed by atoms with van der Waals surface area (Å²) in [6.45, 7) is 1.64. The standard InChI is InChI=1S/C14H16ClN5/c1-19-13(5-7-17-19)4-6-16-8-12-10-20-9-11(15)2-3-14(20)18-12/h2-3,5,7,9-10,16H,4,6,8H2,1H3. The monoisotopic (exact) mass is 289 g/mol. The van der Waals surface area contributed by atoms with E-state index in [0.29, 0.717) is 5.02 Å². The SMILES string of the molecule is Cn1nccc1CCNCc1cn2cc(Cl)ccc2n1. The zero-order chi connectivity index (χ0) is 13.9. The summed E-state index contributed by atoms with van der Waals surface area (Å²) in [5.74, 6) is 0. The van der Waals surface area contributed by atoms with Gasteiger partial charge in [-0.15, -0.1) is 0 Å². The van der Waals surface area contributed by atoms with Crippen molar-refractivity contribution in [3.63, 3.8) is 0 Å². The second kappa shape index (κ2) is 5.64. The van der Waals surface area contributed by atoms with Gasteiger partial charge in [-0.2, -0.15) is 5.10 Å². The van der Waals surface area contributed by atoms with E-state index in [4.69, 9.17) is 11.6 Å². The minimum atomic E-state index is 0.714. The summed E-state index contributed by atoms with van der Waals surface area (Å²) in [7, 11) is 1.96. The molecule has 0 atom stereocenters. The molecule has 1 N–H and O–H groups in total. The molecule has 3 heterocycles. The number of halogens is 1. The molecule has 104 valence electrons. The normalized spacial score (nSPS) is 11.3. The average Bonchev–Trinajstić information content (AvgIpc) is 3.00. The van der Waals surface area contributed by atoms with Crippen LogP contribution in [-0.4, -0.2) is 25.7 Å². The first kappa shape index (κ1) is 13.1. The maximum atomic E-state index is 5.95. The molecule has 3 aromatic rings. The highest BCUT2D eigenvalue weighted by molar-refractivity contribution is 6.30. The fourth-order valence-electron chi connectivity index (χ4n) is 2.18. The van der Waals surface area contributed by atoms with Gasteiger partial charge in [-0.1, -0.05) is 11.6 Å². The van der Waals surface area contributed by atoms with E-state index >= 15 is 0 Å². The Morgan fingerprint density at radius 3 is 2.95 bits per heavy atom. The number of fused-ring (bicyclic) bond motifs is 1. The number of nitrogens with zero attached hydrogens (tertiary/aromatic N) is 4. The molecule has 0 fully saturated rings. The number of rotatable bonds is 5. The first-order valence-corrected chi connectivity index (χ1v) is 6.91. The quantitative estimate of drug-likeness (QED) is 0.731. The zero-order valence-corrected chi connectivity index (χ0v) is 12.0. The van der Waals surface area contributed by atoms with E-state index in [-0.39, 0.29) is 0 Å². The number of pyridine rings is 1. The van der Waals surface area contributed by atoms with Crippen molar-refractivity contribution in [2.75, 3.05) is 6.54 Å². The fraction of sp³-hybridized carbons (Fsp3) is 0.286. The van der Waals surface area contributed by atoms with Gasteiger partial charge in [0.1, 0.15) is 5.65 Å². The van der Waals surface area contributed by atoms with Gasteiger partial charge in [0.15, 0.2) is 0 Å². The number of hydrogen-bond acceptors (Lipinski definition) is 3. The topological polar surface area (TPSA) is 47.2 Å². The average molecular weight is 290 g/mol. The van der Waals surface area contributed by atoms with Gasteiger partial charge in [-0.3, -0.25) is 4.68 Å². The molecule has 3 aromatic heterocycles. The molecule has 0 unspecified atom stereocenters. The Morgan fingerprint density at radius 1 is 1.25 bits per heavy atom. The Kier molecular flexibility index (Phi) is 3.71. The van der Waals surface area contributed by atoms with Crippen LogP contribution in [0.15, 0.2) is 36.8 Å². The van der Waals surface area contributed by atoms with Gasteiger partial charge in [0.25, 0.3) is 0 Å². The maximum Gasteiger partial charge on any atom is 0.137 e. The summed E-state index contributed by atoms with van der Waals surface area (Å²) in [4.78, 5) is 4.53. The van der Waals surface area contributed by atoms with E-state index in [1.807, 2.05) is 52.9 Å². The van der Waals surface area contributed by atoms with Crippen molar-refractivity contribution in [2.24, 2.45) is 7.05 Å². The van der Waals surface area contributed by atoms with Crippen LogP contribution in [0.25, 0.3) is 5.65 Å². The van der Waals surface area contributed by atoms with Crippen LogP contribution in [0.4, 0.5) is 0 Å². The molecule has 0 aliphatic carbocycles. The third kappa shape index (κ3) is 2.84. The number of aromatic nitrogens is 4. The molecule has 0 bridgehead atoms. The minimum absolute atomic E-state index is 0.714. The van der Waals surface area contributed by atoms with Crippen LogP contribution < -0.4 is 5.32 Å². The Bertz CT molecular complexity index is 715. The summed E-state index contributed by atoms with van der Waals surface area (Å²) in [6.07, 6.45) is 6.64. The lowest BCUT2D eigenvalue weighted by Gasteiger charge is -2.03. The highest BCUT2D eigenvalue weighted by Gasteiger charge is 2.02. The van der Waals surface area contributed by atoms with E-state index in [9.17, 15) is 0 Å². The van der Waals surface area contributed by atoms with Crippen molar-refractivity contribution < 1.29 is 0 Å². The lowest BCUT2D eigenvalue weighted by atomic mass is 10.3. The first-order chi connectivity index (χ1) is 9.72. The zero-order valence-electron chi connectivity index (χ0n) is 11.3. The van der Waals surface area contributed by atoms with Gasteiger partial charge >= 0.3 is 0 Å². The largest absolute Gasteiger partial charge is 0.311 e. The molecule has 5 nitrogen and oxygen atoms in total. The van der Waals surface area contributed by atoms with Crippen molar-refractivity contribution in [1.82, 2.24) is 24.5 Å². The van der Waals surface area contributed by atoms with Gasteiger partial charge in [0.2, 0.25) is 0 Å². The van der Waals surface area contributed by atoms with Gasteiger partial charge in [-0.25, -0.2) is 4.98 Å². The second-order valence-corrected chi connectivity index (χ2v) is 5.15. The molecule has 0 radical (unpaired) electrons. The van der Waals surface area contributed by atoms with Crippen LogP contribution in [0.5, 0.6) is 0 Å². The predicted molar refractivity (Wildman–Crippen MR) is 78.8 cm³/mol. The maximum absolute atomic E-state index is 5.95. The Balaban J connectivity index is 1.56. The Labute approximate surface area is 122 Å². The number of hydrogen-bond donors (Lipinski definition) is 1. The van der Waals surface area contributed by atoms with Crippen LogP contribution in [-0.2, 0) is 20.0 Å². The molecular weight excluding hydrogens is 274 g/mol. The summed E-state index contributed by atoms with van der Waals surface area (Å²) >= 11 is 5.95. The Hall–Kier alpha value is -1.85. The third-order valence-corrected chi connectivity index (χ3v) is 3.47. The molecule has 3 rings (SSSR count). The van der Waals surface area contributed by atoms with E-state index in [2.05, 4.69) is 15.4 Å². The molecule has 0 amide bonds. The van der Waals surface area contributed by atoms with Crippen LogP contribution >= 0.6 is 11.6 Å². The van der Waals surface area contributed by atoms with Crippen LogP contribution in [0.2, 0.25) is 5.02 Å². The van der Waals surface area contributed by atoms with Crippen LogP contribution in [0.1, 0.15) is 11.4 Å². The molecule has 0 aromatic carbocycles. The molecule has 20 heavy (non-hydrogen) atoms. The number of aryl methyl sites for hydroxylation is 1. The number of nitrogens with one attached hydrogen (secondary N) is 1. The van der Waals surface area contributed by atoms with E-state index < -0.39 is 0 Å². The minimum Gasteiger partial charge on any atom is -0.311 e. The summed E-state index contributed by atoms with van der Waals surface area (Å²) in [5, 5.41) is 8.26. The lowest BCUT2D eigenvalue weighted by Crippen LogP contribution is -2.18. The molecule has 0 aliphatic rings. The van der Waals surface area contributed by atoms with Crippen molar-refractivity contribution >= 4 is 17.2 Å². The molecular formula is C14H16ClN5. The molecule has 0 saturated heterocycles. The van der Waals surface area contributed by atoms with Crippen molar-refractivity contribution in [3.05, 3.63) is 53.2 Å². The van der Waals surface area contributed by atoms with Crippen molar-refractivity contribution in [1.29, 1.82) is 0 Å². The fourth-order valence-corrected chi connectivity index (χ4v) is 2.35. The van der Waals surface area contributed by atoms with Crippen molar-refractivity contribution in [3.8, 4) is 0 Å².